The Labute approximate surface area is 307 Å². The fourth-order valence-electron chi connectivity index (χ4n) is 7.28. The number of nitrogens with zero attached hydrogens (tertiary/aromatic N) is 2. The van der Waals surface area contributed by atoms with Gasteiger partial charge < -0.3 is 10.0 Å². The highest BCUT2D eigenvalue weighted by Crippen LogP contribution is 2.49. The molecule has 0 bridgehead atoms. The van der Waals surface area contributed by atoms with E-state index in [9.17, 15) is 30.7 Å². The van der Waals surface area contributed by atoms with Gasteiger partial charge in [-0.25, -0.2) is 0 Å². The van der Waals surface area contributed by atoms with Gasteiger partial charge in [-0.15, -0.1) is 0 Å². The predicted octanol–water partition coefficient (Wildman–Crippen LogP) is 7.83. The van der Waals surface area contributed by atoms with Crippen LogP contribution in [0.15, 0.2) is 118 Å². The molecule has 0 fully saturated rings. The van der Waals surface area contributed by atoms with Crippen molar-refractivity contribution in [3.63, 3.8) is 0 Å². The van der Waals surface area contributed by atoms with Gasteiger partial charge in [0.1, 0.15) is 6.54 Å². The largest absolute Gasteiger partial charge is 0.481 e. The average Bonchev–Trinajstić information content (AvgIpc) is 3.38. The first-order valence-corrected chi connectivity index (χ1v) is 20.3. The quantitative estimate of drug-likeness (QED) is 0.0998. The minimum absolute atomic E-state index is 0.0902. The van der Waals surface area contributed by atoms with Gasteiger partial charge in [-0.2, -0.15) is 21.4 Å². The third-order valence-electron chi connectivity index (χ3n) is 10.0. The topological polar surface area (TPSA) is 152 Å². The summed E-state index contributed by atoms with van der Waals surface area (Å²) >= 11 is 0. The number of hydrogen-bond donors (Lipinski definition) is 3. The summed E-state index contributed by atoms with van der Waals surface area (Å²) in [5, 5.41) is 9.08. The second kappa shape index (κ2) is 15.3. The SMILES string of the molecule is CC1(C)C(/C=C/C=C2/N(CCCCCC(=O)O)c3ccc(S(=O)(=O)O)cc3C2(C)C)=[N+](CCCC2=C/C=C\C=C/C=C\2)c2ccc(S(=O)(=O)O)cc21. The summed E-state index contributed by atoms with van der Waals surface area (Å²) in [6.07, 6.45) is 23.8. The van der Waals surface area contributed by atoms with Crippen LogP contribution >= 0.6 is 0 Å². The number of carbonyl (C=O) groups is 1. The number of allylic oxidation sites excluding steroid dienone is 12. The van der Waals surface area contributed by atoms with E-state index in [1.165, 1.54) is 23.8 Å². The number of unbranched alkanes of at least 4 members (excludes halogenated alkanes) is 2. The molecule has 5 rings (SSSR count). The second-order valence-corrected chi connectivity index (χ2v) is 17.2. The predicted molar refractivity (Wildman–Crippen MR) is 204 cm³/mol. The van der Waals surface area contributed by atoms with Gasteiger partial charge in [-0.3, -0.25) is 13.9 Å². The molecule has 2 aromatic rings. The number of rotatable bonds is 14. The number of carboxylic acid groups (broad SMARTS) is 1. The molecule has 0 radical (unpaired) electrons. The van der Waals surface area contributed by atoms with Crippen molar-refractivity contribution in [3.8, 4) is 0 Å². The molecule has 0 saturated carbocycles. The maximum Gasteiger partial charge on any atom is 0.303 e. The van der Waals surface area contributed by atoms with E-state index in [0.29, 0.717) is 32.4 Å². The highest BCUT2D eigenvalue weighted by atomic mass is 32.2. The van der Waals surface area contributed by atoms with Crippen LogP contribution in [0.2, 0.25) is 0 Å². The summed E-state index contributed by atoms with van der Waals surface area (Å²) in [6, 6.07) is 9.33. The zero-order valence-corrected chi connectivity index (χ0v) is 31.6. The highest BCUT2D eigenvalue weighted by Gasteiger charge is 2.45. The zero-order valence-electron chi connectivity index (χ0n) is 30.0. The van der Waals surface area contributed by atoms with Crippen molar-refractivity contribution in [2.24, 2.45) is 0 Å². The Kier molecular flexibility index (Phi) is 11.4. The van der Waals surface area contributed by atoms with E-state index in [2.05, 4.69) is 21.6 Å². The number of fused-ring (bicyclic) bond motifs is 2. The molecule has 1 aliphatic carbocycles. The normalized spacial score (nSPS) is 21.4. The van der Waals surface area contributed by atoms with Gasteiger partial charge in [-0.05, 0) is 80.7 Å². The van der Waals surface area contributed by atoms with Crippen molar-refractivity contribution in [2.75, 3.05) is 18.0 Å². The van der Waals surface area contributed by atoms with Crippen LogP contribution < -0.4 is 4.90 Å². The molecule has 3 N–H and O–H groups in total. The average molecular weight is 748 g/mol. The first-order valence-electron chi connectivity index (χ1n) is 17.4. The monoisotopic (exact) mass is 747 g/mol. The Morgan fingerprint density at radius 2 is 1.46 bits per heavy atom. The molecule has 0 saturated heterocycles. The van der Waals surface area contributed by atoms with Gasteiger partial charge in [0.05, 0.1) is 15.2 Å². The molecule has 2 aliphatic heterocycles. The first-order chi connectivity index (χ1) is 24.4. The Hall–Kier alpha value is -4.36. The lowest BCUT2D eigenvalue weighted by Crippen LogP contribution is -2.28. The maximum atomic E-state index is 12.1. The van der Waals surface area contributed by atoms with Crippen LogP contribution in [0.25, 0.3) is 0 Å². The van der Waals surface area contributed by atoms with Crippen molar-refractivity contribution in [3.05, 3.63) is 120 Å². The molecule has 0 spiro atoms. The number of hydrogen-bond acceptors (Lipinski definition) is 6. The number of benzene rings is 2. The van der Waals surface area contributed by atoms with Crippen molar-refractivity contribution in [2.45, 2.75) is 86.8 Å². The molecule has 0 amide bonds. The molecular formula is C40H47N2O8S2+. The van der Waals surface area contributed by atoms with Gasteiger partial charge in [0, 0.05) is 53.9 Å². The van der Waals surface area contributed by atoms with E-state index in [1.807, 2.05) is 76.3 Å². The van der Waals surface area contributed by atoms with Crippen LogP contribution in [0.5, 0.6) is 0 Å². The zero-order chi connectivity index (χ0) is 37.9. The van der Waals surface area contributed by atoms with Gasteiger partial charge in [-0.1, -0.05) is 68.9 Å². The summed E-state index contributed by atoms with van der Waals surface area (Å²) in [6.45, 7) is 9.28. The molecule has 0 atom stereocenters. The minimum atomic E-state index is -4.43. The number of carboxylic acids is 1. The van der Waals surface area contributed by atoms with E-state index in [1.54, 1.807) is 18.2 Å². The van der Waals surface area contributed by atoms with Crippen LogP contribution in [0.3, 0.4) is 0 Å². The molecular weight excluding hydrogens is 701 g/mol. The maximum absolute atomic E-state index is 12.1. The molecule has 2 aromatic carbocycles. The smallest absolute Gasteiger partial charge is 0.303 e. The Bertz CT molecular complexity index is 2180. The van der Waals surface area contributed by atoms with Crippen molar-refractivity contribution in [1.82, 2.24) is 0 Å². The molecule has 3 aliphatic rings. The lowest BCUT2D eigenvalue weighted by molar-refractivity contribution is -0.438. The standard InChI is InChI=1S/C40H46N2O8S2/c1-39(2)32-27-30(51(45,46)47)21-23-34(32)41(25-12-8-11-20-38(43)44)36(39)18-13-19-37-40(3,4)33-28-31(52(48,49)50)22-24-35(33)42(37)26-14-17-29-15-9-6-5-7-10-16-29/h5-7,9-10,13,15-16,18-19,21-24,27-28H,8,11-12,14,17,20,25-26H2,1-4H3,(H2-,43,44,45,46,47,48,49,50)/p+1/b6-5-,7-5?,9-6?,10-7-,15-9-,16-10?,29-15?,29-16+. The number of anilines is 1. The van der Waals surface area contributed by atoms with Gasteiger partial charge >= 0.3 is 5.97 Å². The minimum Gasteiger partial charge on any atom is -0.481 e. The lowest BCUT2D eigenvalue weighted by Gasteiger charge is -2.27. The summed E-state index contributed by atoms with van der Waals surface area (Å²) in [4.78, 5) is 12.8. The van der Waals surface area contributed by atoms with Gasteiger partial charge in [0.25, 0.3) is 20.2 Å². The van der Waals surface area contributed by atoms with E-state index in [-0.39, 0.29) is 16.2 Å². The van der Waals surface area contributed by atoms with Crippen LogP contribution in [0, 0.1) is 0 Å². The van der Waals surface area contributed by atoms with E-state index in [4.69, 9.17) is 5.11 Å². The molecule has 0 unspecified atom stereocenters. The van der Waals surface area contributed by atoms with E-state index in [0.717, 1.165) is 46.8 Å². The second-order valence-electron chi connectivity index (χ2n) is 14.3. The summed E-state index contributed by atoms with van der Waals surface area (Å²) in [5.41, 5.74) is 4.98. The highest BCUT2D eigenvalue weighted by molar-refractivity contribution is 7.86. The van der Waals surface area contributed by atoms with Gasteiger partial charge in [0.15, 0.2) is 5.71 Å². The van der Waals surface area contributed by atoms with E-state index >= 15 is 0 Å². The van der Waals surface area contributed by atoms with Crippen molar-refractivity contribution in [1.29, 1.82) is 0 Å². The van der Waals surface area contributed by atoms with Crippen LogP contribution in [-0.2, 0) is 35.9 Å². The number of aliphatic carboxylic acids is 1. The third-order valence-corrected chi connectivity index (χ3v) is 11.7. The van der Waals surface area contributed by atoms with Crippen LogP contribution in [0.4, 0.5) is 11.4 Å². The molecule has 52 heavy (non-hydrogen) atoms. The Morgan fingerprint density at radius 1 is 0.808 bits per heavy atom. The Morgan fingerprint density at radius 3 is 2.15 bits per heavy atom. The fourth-order valence-corrected chi connectivity index (χ4v) is 8.29. The van der Waals surface area contributed by atoms with Crippen molar-refractivity contribution >= 4 is 43.3 Å². The molecule has 276 valence electrons. The van der Waals surface area contributed by atoms with E-state index < -0.39 is 37.0 Å². The van der Waals surface area contributed by atoms with Crippen LogP contribution in [0.1, 0.15) is 77.3 Å². The summed E-state index contributed by atoms with van der Waals surface area (Å²) in [5.74, 6) is -0.836. The fraction of sp³-hybridized carbons (Fsp3) is 0.350. The van der Waals surface area contributed by atoms with Crippen molar-refractivity contribution < 1.29 is 40.4 Å². The third kappa shape index (κ3) is 8.47. The molecule has 0 aromatic heterocycles. The first kappa shape index (κ1) is 38.9. The molecule has 10 nitrogen and oxygen atoms in total. The molecule has 2 heterocycles. The van der Waals surface area contributed by atoms with Gasteiger partial charge in [0.2, 0.25) is 5.69 Å². The summed E-state index contributed by atoms with van der Waals surface area (Å²) < 4.78 is 70.3. The van der Waals surface area contributed by atoms with Crippen LogP contribution in [-0.4, -0.2) is 60.4 Å². The molecule has 12 heteroatoms. The Balaban J connectivity index is 1.53. The lowest BCUT2D eigenvalue weighted by atomic mass is 9.81. The summed E-state index contributed by atoms with van der Waals surface area (Å²) in [7, 11) is -8.85.